The zero-order valence-electron chi connectivity index (χ0n) is 25.0. The third-order valence-corrected chi connectivity index (χ3v) is 8.71. The summed E-state index contributed by atoms with van der Waals surface area (Å²) in [4.78, 5) is 29.0. The maximum absolute atomic E-state index is 14.2. The summed E-state index contributed by atoms with van der Waals surface area (Å²) in [5, 5.41) is 2.94. The van der Waals surface area contributed by atoms with Crippen LogP contribution in [0.1, 0.15) is 44.2 Å². The van der Waals surface area contributed by atoms with Crippen molar-refractivity contribution in [1.82, 2.24) is 10.2 Å². The molecule has 0 saturated heterocycles. The van der Waals surface area contributed by atoms with Gasteiger partial charge < -0.3 is 19.7 Å². The van der Waals surface area contributed by atoms with Gasteiger partial charge in [0.1, 0.15) is 24.1 Å². The van der Waals surface area contributed by atoms with E-state index in [9.17, 15) is 18.0 Å². The molecule has 0 aromatic heterocycles. The minimum Gasteiger partial charge on any atom is -0.497 e. The number of methoxy groups -OCH3 is 2. The number of aryl methyl sites for hydroxylation is 1. The lowest BCUT2D eigenvalue weighted by Gasteiger charge is -2.33. The van der Waals surface area contributed by atoms with E-state index in [1.165, 1.54) is 24.1 Å². The molecule has 9 nitrogen and oxygen atoms in total. The van der Waals surface area contributed by atoms with Crippen LogP contribution in [-0.4, -0.2) is 58.5 Å². The zero-order chi connectivity index (χ0) is 30.7. The van der Waals surface area contributed by atoms with Crippen LogP contribution < -0.4 is 19.1 Å². The largest absolute Gasteiger partial charge is 0.497 e. The quantitative estimate of drug-likeness (QED) is 0.250. The molecule has 0 aliphatic carbocycles. The number of nitrogens with zero attached hydrogens (tertiary/aromatic N) is 2. The van der Waals surface area contributed by atoms with Crippen LogP contribution in [0.2, 0.25) is 0 Å². The number of nitrogens with one attached hydrogen (secondary N) is 1. The highest BCUT2D eigenvalue weighted by Gasteiger charge is 2.34. The fraction of sp³-hybridized carbons (Fsp3) is 0.375. The number of sulfonamides is 1. The van der Waals surface area contributed by atoms with Crippen molar-refractivity contribution >= 4 is 27.5 Å². The first-order valence-corrected chi connectivity index (χ1v) is 15.5. The molecule has 0 spiro atoms. The number of benzene rings is 3. The first-order valence-electron chi connectivity index (χ1n) is 14.1. The van der Waals surface area contributed by atoms with Crippen molar-refractivity contribution in [2.24, 2.45) is 0 Å². The number of hydrogen-bond acceptors (Lipinski definition) is 6. The van der Waals surface area contributed by atoms with Crippen molar-refractivity contribution in [2.45, 2.75) is 57.5 Å². The summed E-state index contributed by atoms with van der Waals surface area (Å²) < 4.78 is 40.0. The van der Waals surface area contributed by atoms with Crippen molar-refractivity contribution < 1.29 is 27.5 Å². The molecule has 3 rings (SSSR count). The van der Waals surface area contributed by atoms with Gasteiger partial charge in [-0.15, -0.1) is 0 Å². The van der Waals surface area contributed by atoms with Gasteiger partial charge in [0.15, 0.2) is 0 Å². The second-order valence-corrected chi connectivity index (χ2v) is 11.8. The van der Waals surface area contributed by atoms with Gasteiger partial charge in [-0.25, -0.2) is 8.42 Å². The van der Waals surface area contributed by atoms with Crippen molar-refractivity contribution in [2.75, 3.05) is 31.6 Å². The van der Waals surface area contributed by atoms with Crippen LogP contribution in [-0.2, 0) is 26.2 Å². The van der Waals surface area contributed by atoms with E-state index in [1.54, 1.807) is 55.6 Å². The van der Waals surface area contributed by atoms with E-state index in [4.69, 9.17) is 9.47 Å². The molecule has 0 aliphatic rings. The summed E-state index contributed by atoms with van der Waals surface area (Å²) in [6.45, 7) is 5.76. The van der Waals surface area contributed by atoms with E-state index >= 15 is 0 Å². The Morgan fingerprint density at radius 1 is 0.929 bits per heavy atom. The first-order chi connectivity index (χ1) is 20.2. The Morgan fingerprint density at radius 2 is 1.62 bits per heavy atom. The summed E-state index contributed by atoms with van der Waals surface area (Å²) in [7, 11) is -1.17. The van der Waals surface area contributed by atoms with Crippen LogP contribution in [0.5, 0.6) is 11.5 Å². The number of rotatable bonds is 15. The maximum Gasteiger partial charge on any atom is 0.264 e. The van der Waals surface area contributed by atoms with Crippen LogP contribution in [0.3, 0.4) is 0 Å². The number of carbonyl (C=O) groups is 2. The van der Waals surface area contributed by atoms with Crippen molar-refractivity contribution in [3.63, 3.8) is 0 Å². The Hall–Kier alpha value is -4.05. The van der Waals surface area contributed by atoms with Crippen LogP contribution in [0.15, 0.2) is 77.7 Å². The van der Waals surface area contributed by atoms with Crippen LogP contribution in [0, 0.1) is 6.92 Å². The van der Waals surface area contributed by atoms with Gasteiger partial charge in [0.05, 0.1) is 24.8 Å². The summed E-state index contributed by atoms with van der Waals surface area (Å²) in [5.74, 6) is 0.163. The van der Waals surface area contributed by atoms with Crippen LogP contribution in [0.4, 0.5) is 5.69 Å². The van der Waals surface area contributed by atoms with Gasteiger partial charge in [0.25, 0.3) is 10.0 Å². The molecule has 0 heterocycles. The first kappa shape index (κ1) is 32.5. The lowest BCUT2D eigenvalue weighted by molar-refractivity contribution is -0.140. The van der Waals surface area contributed by atoms with E-state index in [0.717, 1.165) is 28.3 Å². The molecule has 0 unspecified atom stereocenters. The predicted octanol–water partition coefficient (Wildman–Crippen LogP) is 4.93. The predicted molar refractivity (Wildman–Crippen MR) is 164 cm³/mol. The molecule has 1 atom stereocenters. The highest BCUT2D eigenvalue weighted by Crippen LogP contribution is 2.33. The summed E-state index contributed by atoms with van der Waals surface area (Å²) in [6.07, 6.45) is 2.07. The van der Waals surface area contributed by atoms with Gasteiger partial charge in [-0.1, -0.05) is 56.7 Å². The van der Waals surface area contributed by atoms with E-state index < -0.39 is 28.5 Å². The molecule has 0 saturated carbocycles. The average Bonchev–Trinajstić information content (AvgIpc) is 3.00. The molecule has 0 aliphatic heterocycles. The number of carbonyl (C=O) groups excluding carboxylic acids is 2. The lowest BCUT2D eigenvalue weighted by atomic mass is 10.1. The molecule has 3 aromatic carbocycles. The Labute approximate surface area is 249 Å². The number of amides is 2. The van der Waals surface area contributed by atoms with E-state index in [1.807, 2.05) is 32.9 Å². The molecule has 2 amide bonds. The SMILES string of the molecule is CCCCNC(=O)[C@@H](CC)N(Cc1ccc(OC)cc1)C(=O)CN(c1cc(C)ccc1OC)S(=O)(=O)c1ccccc1. The van der Waals surface area contributed by atoms with Gasteiger partial charge in [0.2, 0.25) is 11.8 Å². The topological polar surface area (TPSA) is 105 Å². The number of anilines is 1. The molecule has 1 N–H and O–H groups in total. The smallest absolute Gasteiger partial charge is 0.264 e. The Kier molecular flexibility index (Phi) is 11.8. The van der Waals surface area contributed by atoms with Gasteiger partial charge >= 0.3 is 0 Å². The second-order valence-electron chi connectivity index (χ2n) is 9.94. The number of ether oxygens (including phenoxy) is 2. The van der Waals surface area contributed by atoms with Crippen molar-refractivity contribution in [3.8, 4) is 11.5 Å². The minimum absolute atomic E-state index is 0.0346. The molecule has 0 radical (unpaired) electrons. The monoisotopic (exact) mass is 595 g/mol. The van der Waals surface area contributed by atoms with E-state index in [2.05, 4.69) is 5.32 Å². The Balaban J connectivity index is 2.08. The maximum atomic E-state index is 14.2. The van der Waals surface area contributed by atoms with E-state index in [0.29, 0.717) is 24.5 Å². The minimum atomic E-state index is -4.20. The third-order valence-electron chi connectivity index (χ3n) is 6.94. The molecule has 42 heavy (non-hydrogen) atoms. The fourth-order valence-corrected chi connectivity index (χ4v) is 6.02. The average molecular weight is 596 g/mol. The fourth-order valence-electron chi connectivity index (χ4n) is 4.58. The van der Waals surface area contributed by atoms with Crippen molar-refractivity contribution in [3.05, 3.63) is 83.9 Å². The lowest BCUT2D eigenvalue weighted by Crippen LogP contribution is -2.52. The summed E-state index contributed by atoms with van der Waals surface area (Å²) in [6, 6.07) is 19.5. The molecule has 10 heteroatoms. The molecule has 3 aromatic rings. The Bertz CT molecular complexity index is 1430. The zero-order valence-corrected chi connectivity index (χ0v) is 25.8. The molecule has 0 bridgehead atoms. The number of hydrogen-bond donors (Lipinski definition) is 1. The van der Waals surface area contributed by atoms with Crippen LogP contribution >= 0.6 is 0 Å². The van der Waals surface area contributed by atoms with Crippen LogP contribution in [0.25, 0.3) is 0 Å². The number of unbranched alkanes of at least 4 members (excludes halogenated alkanes) is 1. The van der Waals surface area contributed by atoms with E-state index in [-0.39, 0.29) is 23.0 Å². The highest BCUT2D eigenvalue weighted by atomic mass is 32.2. The standard InChI is InChI=1S/C32H41N3O6S/c1-6-8-20-33-32(37)28(7-2)34(22-25-15-17-26(40-4)18-16-25)31(36)23-35(29-21-24(3)14-19-30(29)41-5)42(38,39)27-12-10-9-11-13-27/h9-19,21,28H,6-8,20,22-23H2,1-5H3,(H,33,37)/t28-/m1/s1. The van der Waals surface area contributed by atoms with Gasteiger partial charge in [-0.2, -0.15) is 0 Å². The summed E-state index contributed by atoms with van der Waals surface area (Å²) in [5.41, 5.74) is 1.80. The highest BCUT2D eigenvalue weighted by molar-refractivity contribution is 7.92. The summed E-state index contributed by atoms with van der Waals surface area (Å²) >= 11 is 0. The van der Waals surface area contributed by atoms with Gasteiger partial charge in [-0.3, -0.25) is 13.9 Å². The molecule has 226 valence electrons. The molecule has 0 fully saturated rings. The van der Waals surface area contributed by atoms with Crippen molar-refractivity contribution in [1.29, 1.82) is 0 Å². The van der Waals surface area contributed by atoms with Gasteiger partial charge in [-0.05, 0) is 67.3 Å². The third kappa shape index (κ3) is 8.03. The normalized spacial score (nSPS) is 11.8. The molecular formula is C32H41N3O6S. The molecular weight excluding hydrogens is 554 g/mol. The Morgan fingerprint density at radius 3 is 2.21 bits per heavy atom. The van der Waals surface area contributed by atoms with Gasteiger partial charge in [0, 0.05) is 13.1 Å². The second kappa shape index (κ2) is 15.3.